The van der Waals surface area contributed by atoms with Crippen LogP contribution >= 0.6 is 0 Å². The van der Waals surface area contributed by atoms with Crippen LogP contribution in [0.3, 0.4) is 0 Å². The van der Waals surface area contributed by atoms with Crippen molar-refractivity contribution in [2.45, 2.75) is 46.1 Å². The van der Waals surface area contributed by atoms with Gasteiger partial charge in [0.05, 0.1) is 22.6 Å². The average molecular weight is 726 g/mol. The van der Waals surface area contributed by atoms with E-state index in [2.05, 4.69) is 0 Å². The molecular formula is C23H18F11NO7S3. The number of sulfone groups is 1. The summed E-state index contributed by atoms with van der Waals surface area (Å²) in [6, 6.07) is 2.43. The van der Waals surface area contributed by atoms with E-state index in [4.69, 9.17) is 4.74 Å². The monoisotopic (exact) mass is 725 g/mol. The molecule has 0 spiro atoms. The Bertz CT molecular complexity index is 1760. The number of hydrogen-bond acceptors (Lipinski definition) is 7. The number of fused-ring (bicyclic) bond motifs is 3. The first-order valence-electron chi connectivity index (χ1n) is 12.3. The Labute approximate surface area is 247 Å². The molecule has 2 aliphatic rings. The highest BCUT2D eigenvalue weighted by Gasteiger charge is 2.65. The lowest BCUT2D eigenvalue weighted by Crippen LogP contribution is -2.58. The molecule has 45 heavy (non-hydrogen) atoms. The molecule has 0 bridgehead atoms. The highest BCUT2D eigenvalue weighted by Crippen LogP contribution is 2.58. The van der Waals surface area contributed by atoms with Crippen molar-refractivity contribution in [1.29, 1.82) is 0 Å². The van der Waals surface area contributed by atoms with Gasteiger partial charge >= 0.3 is 37.2 Å². The molecule has 0 N–H and O–H groups in total. The predicted octanol–water partition coefficient (Wildman–Crippen LogP) is 5.46. The summed E-state index contributed by atoms with van der Waals surface area (Å²) < 4.78 is 228. The summed E-state index contributed by atoms with van der Waals surface area (Å²) in [6.45, 7) is -3.28. The van der Waals surface area contributed by atoms with Gasteiger partial charge in [0.25, 0.3) is 0 Å². The Morgan fingerprint density at radius 3 is 1.78 bits per heavy atom. The molecule has 0 amide bonds. The van der Waals surface area contributed by atoms with Gasteiger partial charge in [-0.2, -0.15) is 39.5 Å². The molecule has 2 aromatic carbocycles. The van der Waals surface area contributed by atoms with Crippen molar-refractivity contribution in [1.82, 2.24) is 3.71 Å². The number of hydrogen-bond donors (Lipinski definition) is 0. The van der Waals surface area contributed by atoms with Crippen LogP contribution in [0, 0.1) is 23.5 Å². The SMILES string of the molecule is O=S(=O)(N(C[C@@H]1CCC[C@@]2(S(=O)(=O)c3ccc(C(F)(F)F)cc3)c3c(F)ccc(F)c3OCC12)S(=O)(=O)C(F)(F)F)C(F)(F)F. The maximum atomic E-state index is 15.5. The summed E-state index contributed by atoms with van der Waals surface area (Å²) in [5.41, 5.74) is -15.7. The molecule has 1 heterocycles. The van der Waals surface area contributed by atoms with Gasteiger partial charge < -0.3 is 4.74 Å². The van der Waals surface area contributed by atoms with Gasteiger partial charge in [-0.25, -0.2) is 34.0 Å². The second-order valence-electron chi connectivity index (χ2n) is 10.1. The lowest BCUT2D eigenvalue weighted by molar-refractivity contribution is -0.137. The van der Waals surface area contributed by atoms with E-state index in [0.717, 1.165) is 0 Å². The Hall–Kier alpha value is -2.72. The molecule has 0 aromatic heterocycles. The van der Waals surface area contributed by atoms with Gasteiger partial charge in [-0.05, 0) is 55.2 Å². The van der Waals surface area contributed by atoms with Crippen LogP contribution in [-0.2, 0) is 40.8 Å². The van der Waals surface area contributed by atoms with E-state index in [0.29, 0.717) is 36.4 Å². The van der Waals surface area contributed by atoms with E-state index < -0.39 is 133 Å². The smallest absolute Gasteiger partial charge is 0.490 e. The fourth-order valence-electron chi connectivity index (χ4n) is 5.68. The zero-order valence-electron chi connectivity index (χ0n) is 21.8. The lowest BCUT2D eigenvalue weighted by atomic mass is 9.67. The molecule has 0 saturated heterocycles. The molecular weight excluding hydrogens is 707 g/mol. The van der Waals surface area contributed by atoms with Crippen molar-refractivity contribution >= 4 is 29.9 Å². The van der Waals surface area contributed by atoms with Crippen molar-refractivity contribution in [3.05, 3.63) is 59.2 Å². The maximum Gasteiger partial charge on any atom is 0.512 e. The molecule has 0 radical (unpaired) electrons. The number of sulfonamides is 2. The Balaban J connectivity index is 1.98. The normalized spacial score (nSPS) is 23.3. The summed E-state index contributed by atoms with van der Waals surface area (Å²) in [6.07, 6.45) is -6.91. The highest BCUT2D eigenvalue weighted by atomic mass is 32.3. The standard InChI is InChI=1S/C23H18F11NO7S3/c24-16-7-8-17(25)19-18(16)20(43(36,37)14-5-3-13(4-6-14)21(26,27)28)9-1-2-12(15(20)11-42-19)10-35(44(38,39)22(29,30)31)45(40,41)23(32,33)34/h3-8,12,15H,1-2,9-11H2/t12-,15?,20-/m0/s1. The van der Waals surface area contributed by atoms with Crippen LogP contribution in [0.2, 0.25) is 0 Å². The summed E-state index contributed by atoms with van der Waals surface area (Å²) in [7, 11) is -20.0. The van der Waals surface area contributed by atoms with Gasteiger partial charge in [0.1, 0.15) is 10.6 Å². The van der Waals surface area contributed by atoms with E-state index in [1.165, 1.54) is 0 Å². The van der Waals surface area contributed by atoms with Crippen LogP contribution < -0.4 is 4.74 Å². The molecule has 1 saturated carbocycles. The summed E-state index contributed by atoms with van der Waals surface area (Å²) in [4.78, 5) is -0.958. The van der Waals surface area contributed by atoms with Gasteiger partial charge in [0.2, 0.25) is 0 Å². The first-order valence-corrected chi connectivity index (χ1v) is 16.6. The quantitative estimate of drug-likeness (QED) is 0.364. The second-order valence-corrected chi connectivity index (χ2v) is 16.2. The molecule has 1 unspecified atom stereocenters. The van der Waals surface area contributed by atoms with Crippen molar-refractivity contribution in [3.63, 3.8) is 0 Å². The number of alkyl halides is 9. The van der Waals surface area contributed by atoms with Gasteiger partial charge in [-0.3, -0.25) is 0 Å². The summed E-state index contributed by atoms with van der Waals surface area (Å²) in [5.74, 6) is -8.04. The van der Waals surface area contributed by atoms with Crippen LogP contribution in [-0.4, -0.2) is 53.1 Å². The highest BCUT2D eigenvalue weighted by molar-refractivity contribution is 8.04. The Morgan fingerprint density at radius 2 is 1.29 bits per heavy atom. The third-order valence-electron chi connectivity index (χ3n) is 7.66. The third kappa shape index (κ3) is 5.53. The first-order chi connectivity index (χ1) is 20.3. The van der Waals surface area contributed by atoms with Crippen LogP contribution in [0.5, 0.6) is 5.75 Å². The average Bonchev–Trinajstić information content (AvgIpc) is 2.91. The topological polar surface area (TPSA) is 115 Å². The molecule has 1 aliphatic heterocycles. The fraction of sp³-hybridized carbons (Fsp3) is 0.478. The minimum Gasteiger partial charge on any atom is -0.490 e. The number of nitrogens with zero attached hydrogens (tertiary/aromatic N) is 1. The number of rotatable bonds is 6. The van der Waals surface area contributed by atoms with Gasteiger partial charge in [-0.1, -0.05) is 10.1 Å². The number of ether oxygens (including phenoxy) is 1. The van der Waals surface area contributed by atoms with E-state index in [1.807, 2.05) is 0 Å². The van der Waals surface area contributed by atoms with Crippen LogP contribution in [0.4, 0.5) is 48.3 Å². The maximum absolute atomic E-state index is 15.5. The van der Waals surface area contributed by atoms with Crippen molar-refractivity contribution in [3.8, 4) is 5.75 Å². The van der Waals surface area contributed by atoms with E-state index in [1.54, 1.807) is 0 Å². The van der Waals surface area contributed by atoms with Crippen LogP contribution in [0.1, 0.15) is 30.4 Å². The molecule has 4 rings (SSSR count). The summed E-state index contributed by atoms with van der Waals surface area (Å²) >= 11 is 0. The zero-order valence-corrected chi connectivity index (χ0v) is 24.3. The van der Waals surface area contributed by atoms with Crippen LogP contribution in [0.15, 0.2) is 41.3 Å². The minimum atomic E-state index is -7.32. The molecule has 2 aromatic rings. The van der Waals surface area contributed by atoms with E-state index in [9.17, 15) is 69.2 Å². The fourth-order valence-corrected chi connectivity index (χ4v) is 10.9. The predicted molar refractivity (Wildman–Crippen MR) is 130 cm³/mol. The van der Waals surface area contributed by atoms with Crippen molar-refractivity contribution in [2.75, 3.05) is 13.2 Å². The first kappa shape index (κ1) is 35.1. The molecule has 252 valence electrons. The molecule has 22 heteroatoms. The summed E-state index contributed by atoms with van der Waals surface area (Å²) in [5, 5.41) is 0. The van der Waals surface area contributed by atoms with Gasteiger partial charge in [0.15, 0.2) is 21.4 Å². The third-order valence-corrected chi connectivity index (χ3v) is 13.9. The van der Waals surface area contributed by atoms with Crippen molar-refractivity contribution in [2.24, 2.45) is 11.8 Å². The lowest BCUT2D eigenvalue weighted by Gasteiger charge is -2.50. The van der Waals surface area contributed by atoms with E-state index in [-0.39, 0.29) is 0 Å². The largest absolute Gasteiger partial charge is 0.512 e. The van der Waals surface area contributed by atoms with E-state index >= 15 is 4.39 Å². The Morgan fingerprint density at radius 1 is 0.778 bits per heavy atom. The van der Waals surface area contributed by atoms with Gasteiger partial charge in [-0.15, -0.1) is 0 Å². The molecule has 1 aliphatic carbocycles. The minimum absolute atomic E-state index is 0.314. The van der Waals surface area contributed by atoms with Crippen molar-refractivity contribution < 1.29 is 78.3 Å². The molecule has 1 fully saturated rings. The number of halogens is 11. The zero-order chi connectivity index (χ0) is 34.2. The molecule has 3 atom stereocenters. The van der Waals surface area contributed by atoms with Crippen LogP contribution in [0.25, 0.3) is 0 Å². The number of benzene rings is 2. The Kier molecular flexibility index (Phi) is 8.54. The van der Waals surface area contributed by atoms with Gasteiger partial charge in [0, 0.05) is 12.5 Å². The molecule has 8 nitrogen and oxygen atoms in total. The second kappa shape index (κ2) is 10.9.